The van der Waals surface area contributed by atoms with Crippen molar-refractivity contribution >= 4 is 28.1 Å². The zero-order valence-corrected chi connectivity index (χ0v) is 8.52. The monoisotopic (exact) mass is 252 g/mol. The van der Waals surface area contributed by atoms with Crippen LogP contribution in [-0.2, 0) is 0 Å². The van der Waals surface area contributed by atoms with E-state index in [1.807, 2.05) is 0 Å². The minimum absolute atomic E-state index is 0.0254. The highest BCUT2D eigenvalue weighted by atomic mass is 16.6. The van der Waals surface area contributed by atoms with Crippen LogP contribution in [0.2, 0.25) is 0 Å². The molecular formula is C8H4N4O6. The van der Waals surface area contributed by atoms with Crippen LogP contribution in [0.25, 0.3) is 10.9 Å². The van der Waals surface area contributed by atoms with Gasteiger partial charge in [0.05, 0.1) is 9.85 Å². The number of nitro benzene ring substituents is 1. The van der Waals surface area contributed by atoms with E-state index in [-0.39, 0.29) is 10.9 Å². The molecule has 2 rings (SSSR count). The normalized spacial score (nSPS) is 10.4. The van der Waals surface area contributed by atoms with E-state index >= 15 is 0 Å². The molecular weight excluding hydrogens is 248 g/mol. The van der Waals surface area contributed by atoms with Crippen molar-refractivity contribution in [2.75, 3.05) is 0 Å². The number of nitro groups is 3. The standard InChI is InChI=1S/C8H4N4O6/c13-10(14)5-3-1-2-4-6(5)7(11(15)16)8(9-4)12(17)18/h1-3,9H. The van der Waals surface area contributed by atoms with Gasteiger partial charge in [0.2, 0.25) is 0 Å². The van der Waals surface area contributed by atoms with E-state index in [1.54, 1.807) is 0 Å². The smallest absolute Gasteiger partial charge is 0.358 e. The van der Waals surface area contributed by atoms with Crippen LogP contribution in [0.5, 0.6) is 0 Å². The van der Waals surface area contributed by atoms with Crippen LogP contribution in [0.4, 0.5) is 17.2 Å². The summed E-state index contributed by atoms with van der Waals surface area (Å²) in [4.78, 5) is 31.7. The van der Waals surface area contributed by atoms with Crippen LogP contribution in [0.3, 0.4) is 0 Å². The Bertz CT molecular complexity index is 690. The topological polar surface area (TPSA) is 145 Å². The quantitative estimate of drug-likeness (QED) is 0.651. The van der Waals surface area contributed by atoms with Crippen molar-refractivity contribution in [3.05, 3.63) is 48.5 Å². The Morgan fingerprint density at radius 2 is 1.61 bits per heavy atom. The third kappa shape index (κ3) is 1.52. The van der Waals surface area contributed by atoms with Crippen LogP contribution in [0.15, 0.2) is 18.2 Å². The van der Waals surface area contributed by atoms with Crippen molar-refractivity contribution in [2.45, 2.75) is 0 Å². The minimum atomic E-state index is -1.01. The number of hydrogen-bond donors (Lipinski definition) is 1. The number of non-ortho nitro benzene ring substituents is 1. The molecule has 0 saturated carbocycles. The van der Waals surface area contributed by atoms with Crippen LogP contribution in [0.1, 0.15) is 0 Å². The van der Waals surface area contributed by atoms with Gasteiger partial charge in [-0.1, -0.05) is 6.07 Å². The first kappa shape index (κ1) is 11.4. The maximum absolute atomic E-state index is 10.8. The second-order valence-electron chi connectivity index (χ2n) is 3.29. The van der Waals surface area contributed by atoms with Gasteiger partial charge in [0.25, 0.3) is 5.69 Å². The Kier molecular flexibility index (Phi) is 2.39. The number of nitrogens with one attached hydrogen (secondary N) is 1. The average molecular weight is 252 g/mol. The number of H-pyrrole nitrogens is 1. The maximum Gasteiger partial charge on any atom is 0.400 e. The van der Waals surface area contributed by atoms with Crippen molar-refractivity contribution < 1.29 is 14.8 Å². The molecule has 0 radical (unpaired) electrons. The SMILES string of the molecule is O=[N+]([O-])c1[nH]c2cccc([N+](=O)[O-])c2c1[N+](=O)[O-]. The summed E-state index contributed by atoms with van der Waals surface area (Å²) in [5.74, 6) is -0.871. The molecule has 0 fully saturated rings. The number of aromatic amines is 1. The molecule has 0 bridgehead atoms. The highest BCUT2D eigenvalue weighted by molar-refractivity contribution is 6.00. The van der Waals surface area contributed by atoms with Crippen LogP contribution in [-0.4, -0.2) is 19.8 Å². The van der Waals surface area contributed by atoms with Crippen molar-refractivity contribution in [3.8, 4) is 0 Å². The van der Waals surface area contributed by atoms with E-state index in [9.17, 15) is 30.3 Å². The summed E-state index contributed by atoms with van der Waals surface area (Å²) >= 11 is 0. The largest absolute Gasteiger partial charge is 0.400 e. The van der Waals surface area contributed by atoms with Gasteiger partial charge in [-0.15, -0.1) is 0 Å². The number of aromatic nitrogens is 1. The summed E-state index contributed by atoms with van der Waals surface area (Å²) in [7, 11) is 0. The third-order valence-electron chi connectivity index (χ3n) is 2.32. The number of benzene rings is 1. The predicted molar refractivity (Wildman–Crippen MR) is 58.3 cm³/mol. The van der Waals surface area contributed by atoms with Crippen molar-refractivity contribution in [2.24, 2.45) is 0 Å². The zero-order chi connectivity index (χ0) is 13.4. The van der Waals surface area contributed by atoms with E-state index in [0.717, 1.165) is 6.07 Å². The zero-order valence-electron chi connectivity index (χ0n) is 8.52. The summed E-state index contributed by atoms with van der Waals surface area (Å²) < 4.78 is 0. The molecule has 0 saturated heterocycles. The molecule has 0 amide bonds. The number of hydrogen-bond acceptors (Lipinski definition) is 6. The number of rotatable bonds is 3. The molecule has 92 valence electrons. The second-order valence-corrected chi connectivity index (χ2v) is 3.29. The molecule has 0 atom stereocenters. The third-order valence-corrected chi connectivity index (χ3v) is 2.32. The molecule has 10 heteroatoms. The molecule has 0 spiro atoms. The molecule has 2 aromatic rings. The summed E-state index contributed by atoms with van der Waals surface area (Å²) in [6, 6.07) is 3.62. The first-order valence-electron chi connectivity index (χ1n) is 4.51. The molecule has 1 aromatic heterocycles. The fraction of sp³-hybridized carbons (Fsp3) is 0. The van der Waals surface area contributed by atoms with Crippen molar-refractivity contribution in [1.29, 1.82) is 0 Å². The molecule has 0 aliphatic rings. The van der Waals surface area contributed by atoms with E-state index < -0.39 is 32.0 Å². The molecule has 1 heterocycles. The van der Waals surface area contributed by atoms with E-state index in [1.165, 1.54) is 12.1 Å². The fourth-order valence-electron chi connectivity index (χ4n) is 1.66. The highest BCUT2D eigenvalue weighted by Crippen LogP contribution is 2.39. The molecule has 1 aromatic carbocycles. The van der Waals surface area contributed by atoms with Gasteiger partial charge >= 0.3 is 11.5 Å². The van der Waals surface area contributed by atoms with E-state index in [4.69, 9.17) is 0 Å². The van der Waals surface area contributed by atoms with Gasteiger partial charge in [0.15, 0.2) is 5.39 Å². The summed E-state index contributed by atoms with van der Waals surface area (Å²) in [6.45, 7) is 0. The van der Waals surface area contributed by atoms with E-state index in [2.05, 4.69) is 4.98 Å². The first-order valence-corrected chi connectivity index (χ1v) is 4.51. The lowest BCUT2D eigenvalue weighted by atomic mass is 10.2. The van der Waals surface area contributed by atoms with Crippen LogP contribution in [0, 0.1) is 30.3 Å². The molecule has 1 N–H and O–H groups in total. The molecule has 0 aliphatic carbocycles. The Labute approximate surface area is 97.3 Å². The van der Waals surface area contributed by atoms with Gasteiger partial charge < -0.3 is 10.1 Å². The second kappa shape index (κ2) is 3.76. The van der Waals surface area contributed by atoms with Gasteiger partial charge in [-0.2, -0.15) is 0 Å². The Morgan fingerprint density at radius 3 is 2.11 bits per heavy atom. The molecule has 18 heavy (non-hydrogen) atoms. The van der Waals surface area contributed by atoms with Gasteiger partial charge in [0, 0.05) is 6.07 Å². The predicted octanol–water partition coefficient (Wildman–Crippen LogP) is 1.89. The number of nitrogens with zero attached hydrogens (tertiary/aromatic N) is 3. The molecule has 0 unspecified atom stereocenters. The van der Waals surface area contributed by atoms with Crippen molar-refractivity contribution in [3.63, 3.8) is 0 Å². The van der Waals surface area contributed by atoms with Crippen molar-refractivity contribution in [1.82, 2.24) is 4.98 Å². The summed E-state index contributed by atoms with van der Waals surface area (Å²) in [5.41, 5.74) is -1.48. The van der Waals surface area contributed by atoms with E-state index in [0.29, 0.717) is 0 Å². The summed E-state index contributed by atoms with van der Waals surface area (Å²) in [5, 5.41) is 31.9. The Morgan fingerprint density at radius 1 is 0.944 bits per heavy atom. The first-order chi connectivity index (χ1) is 8.43. The molecule has 0 aliphatic heterocycles. The van der Waals surface area contributed by atoms with Gasteiger partial charge in [-0.05, 0) is 11.0 Å². The Hall–Kier alpha value is -3.04. The van der Waals surface area contributed by atoms with Gasteiger partial charge in [-0.3, -0.25) is 20.2 Å². The highest BCUT2D eigenvalue weighted by Gasteiger charge is 2.35. The average Bonchev–Trinajstić information content (AvgIpc) is 2.67. The van der Waals surface area contributed by atoms with Crippen LogP contribution < -0.4 is 0 Å². The lowest BCUT2D eigenvalue weighted by molar-refractivity contribution is -0.424. The van der Waals surface area contributed by atoms with Gasteiger partial charge in [-0.25, -0.2) is 4.98 Å². The maximum atomic E-state index is 10.8. The minimum Gasteiger partial charge on any atom is -0.358 e. The fourth-order valence-corrected chi connectivity index (χ4v) is 1.66. The lowest BCUT2D eigenvalue weighted by Crippen LogP contribution is -1.95. The van der Waals surface area contributed by atoms with Crippen LogP contribution >= 0.6 is 0 Å². The van der Waals surface area contributed by atoms with Gasteiger partial charge in [0.1, 0.15) is 5.52 Å². The Balaban J connectivity index is 2.97. The number of fused-ring (bicyclic) bond motifs is 1. The lowest BCUT2D eigenvalue weighted by Gasteiger charge is -1.92. The molecule has 10 nitrogen and oxygen atoms in total. The summed E-state index contributed by atoms with van der Waals surface area (Å²) in [6.07, 6.45) is 0.